The number of nitrogens with zero attached hydrogens (tertiary/aromatic N) is 3. The van der Waals surface area contributed by atoms with Gasteiger partial charge in [0.15, 0.2) is 0 Å². The predicted molar refractivity (Wildman–Crippen MR) is 110 cm³/mol. The van der Waals surface area contributed by atoms with Crippen molar-refractivity contribution in [1.29, 1.82) is 0 Å². The van der Waals surface area contributed by atoms with Crippen molar-refractivity contribution in [2.24, 2.45) is 4.99 Å². The molecule has 3 nitrogen and oxygen atoms in total. The summed E-state index contributed by atoms with van der Waals surface area (Å²) in [5, 5.41) is 0. The van der Waals surface area contributed by atoms with E-state index in [4.69, 9.17) is 0 Å². The summed E-state index contributed by atoms with van der Waals surface area (Å²) in [5.74, 6) is 0. The molecule has 1 aromatic carbocycles. The summed E-state index contributed by atoms with van der Waals surface area (Å²) in [5.41, 5.74) is 6.37. The summed E-state index contributed by atoms with van der Waals surface area (Å²) in [6.07, 6.45) is 9.71. The van der Waals surface area contributed by atoms with Crippen molar-refractivity contribution in [3.05, 3.63) is 78.7 Å². The Morgan fingerprint density at radius 1 is 1.12 bits per heavy atom. The summed E-state index contributed by atoms with van der Waals surface area (Å²) < 4.78 is 0. The molecule has 25 heavy (non-hydrogen) atoms. The van der Waals surface area contributed by atoms with Crippen LogP contribution in [0, 0.1) is 0 Å². The van der Waals surface area contributed by atoms with Crippen LogP contribution in [0.4, 0.5) is 0 Å². The first-order chi connectivity index (χ1) is 12.1. The summed E-state index contributed by atoms with van der Waals surface area (Å²) in [4.78, 5) is 10.7. The zero-order valence-electron chi connectivity index (χ0n) is 15.4. The zero-order chi connectivity index (χ0) is 18.2. The van der Waals surface area contributed by atoms with Crippen LogP contribution in [0.25, 0.3) is 22.4 Å². The molecule has 0 saturated heterocycles. The number of pyridine rings is 1. The van der Waals surface area contributed by atoms with Gasteiger partial charge in [0.2, 0.25) is 0 Å². The fourth-order valence-electron chi connectivity index (χ4n) is 2.57. The molecule has 0 aliphatic carbocycles. The van der Waals surface area contributed by atoms with Crippen LogP contribution in [-0.2, 0) is 0 Å². The van der Waals surface area contributed by atoms with Crippen molar-refractivity contribution >= 4 is 17.4 Å². The van der Waals surface area contributed by atoms with E-state index in [9.17, 15) is 0 Å². The molecule has 0 radical (unpaired) electrons. The van der Waals surface area contributed by atoms with E-state index in [1.165, 1.54) is 0 Å². The van der Waals surface area contributed by atoms with Gasteiger partial charge in [-0.25, -0.2) is 0 Å². The highest BCUT2D eigenvalue weighted by Crippen LogP contribution is 2.24. The molecule has 2 aromatic rings. The Kier molecular flexibility index (Phi) is 6.47. The highest BCUT2D eigenvalue weighted by atomic mass is 15.0. The lowest BCUT2D eigenvalue weighted by molar-refractivity contribution is 0.566. The number of allylic oxidation sites excluding steroid dienone is 4. The Balaban J connectivity index is 2.37. The summed E-state index contributed by atoms with van der Waals surface area (Å²) in [6, 6.07) is 12.5. The number of rotatable bonds is 6. The van der Waals surface area contributed by atoms with E-state index in [0.717, 1.165) is 33.5 Å². The van der Waals surface area contributed by atoms with Gasteiger partial charge in [0.25, 0.3) is 0 Å². The third-order valence-electron chi connectivity index (χ3n) is 3.78. The minimum absolute atomic E-state index is 0.947. The summed E-state index contributed by atoms with van der Waals surface area (Å²) in [6.45, 7) is 5.92. The first-order valence-electron chi connectivity index (χ1n) is 8.25. The van der Waals surface area contributed by atoms with E-state index in [-0.39, 0.29) is 0 Å². The molecule has 0 fully saturated rings. The molecule has 0 atom stereocenters. The van der Waals surface area contributed by atoms with Crippen molar-refractivity contribution < 1.29 is 0 Å². The van der Waals surface area contributed by atoms with Crippen LogP contribution >= 0.6 is 0 Å². The maximum absolute atomic E-state index is 4.63. The number of benzene rings is 1. The molecule has 1 heterocycles. The lowest BCUT2D eigenvalue weighted by Crippen LogP contribution is -2.02. The van der Waals surface area contributed by atoms with Crippen LogP contribution < -0.4 is 0 Å². The number of aliphatic imine (C=N–C) groups is 1. The van der Waals surface area contributed by atoms with Crippen LogP contribution in [0.2, 0.25) is 0 Å². The Morgan fingerprint density at radius 3 is 2.48 bits per heavy atom. The molecule has 0 saturated carbocycles. The maximum atomic E-state index is 4.63. The van der Waals surface area contributed by atoms with Crippen molar-refractivity contribution in [3.63, 3.8) is 0 Å². The molecule has 3 heteroatoms. The second-order valence-corrected chi connectivity index (χ2v) is 5.90. The van der Waals surface area contributed by atoms with Gasteiger partial charge in [0.1, 0.15) is 0 Å². The highest BCUT2D eigenvalue weighted by Gasteiger charge is 2.05. The van der Waals surface area contributed by atoms with Gasteiger partial charge in [-0.2, -0.15) is 0 Å². The lowest BCUT2D eigenvalue weighted by Gasteiger charge is -2.10. The van der Waals surface area contributed by atoms with Gasteiger partial charge in [0.05, 0.1) is 5.69 Å². The third-order valence-corrected chi connectivity index (χ3v) is 3.78. The molecule has 0 spiro atoms. The standard InChI is InChI=1S/C22H25N3/c1-6-17(14-23-3)21-11-12-22(24-15-21)20-10-8-9-19(13-20)18(7-2)16-25(4)5/h6-16H,2H2,1,3-5H3/b17-6+,18-16+,23-14?. The average molecular weight is 331 g/mol. The van der Waals surface area contributed by atoms with Gasteiger partial charge in [-0.15, -0.1) is 0 Å². The van der Waals surface area contributed by atoms with Crippen LogP contribution in [0.15, 0.2) is 72.5 Å². The number of hydrogen-bond donors (Lipinski definition) is 0. The Morgan fingerprint density at radius 2 is 1.92 bits per heavy atom. The van der Waals surface area contributed by atoms with Crippen LogP contribution in [0.1, 0.15) is 18.1 Å². The smallest absolute Gasteiger partial charge is 0.0702 e. The lowest BCUT2D eigenvalue weighted by atomic mass is 10.0. The largest absolute Gasteiger partial charge is 0.383 e. The minimum Gasteiger partial charge on any atom is -0.383 e. The van der Waals surface area contributed by atoms with Gasteiger partial charge in [-0.3, -0.25) is 9.98 Å². The van der Waals surface area contributed by atoms with Crippen LogP contribution in [0.3, 0.4) is 0 Å². The number of hydrogen-bond acceptors (Lipinski definition) is 3. The van der Waals surface area contributed by atoms with Crippen molar-refractivity contribution in [3.8, 4) is 11.3 Å². The average Bonchev–Trinajstić information content (AvgIpc) is 2.64. The van der Waals surface area contributed by atoms with E-state index < -0.39 is 0 Å². The van der Waals surface area contributed by atoms with Crippen LogP contribution in [-0.4, -0.2) is 37.2 Å². The van der Waals surface area contributed by atoms with Crippen molar-refractivity contribution in [1.82, 2.24) is 9.88 Å². The van der Waals surface area contributed by atoms with E-state index >= 15 is 0 Å². The van der Waals surface area contributed by atoms with E-state index in [1.54, 1.807) is 7.05 Å². The quantitative estimate of drug-likeness (QED) is 0.554. The number of aromatic nitrogens is 1. The Labute approximate surface area is 150 Å². The molecule has 0 aliphatic heterocycles. The van der Waals surface area contributed by atoms with E-state index in [1.807, 2.05) is 62.6 Å². The predicted octanol–water partition coefficient (Wildman–Crippen LogP) is 4.94. The van der Waals surface area contributed by atoms with Crippen molar-refractivity contribution in [2.45, 2.75) is 6.92 Å². The molecule has 128 valence electrons. The molecule has 0 aliphatic rings. The third kappa shape index (κ3) is 4.77. The van der Waals surface area contributed by atoms with Gasteiger partial charge in [0, 0.05) is 50.9 Å². The topological polar surface area (TPSA) is 28.5 Å². The molecular formula is C22H25N3. The normalized spacial score (nSPS) is 12.5. The molecule has 2 rings (SSSR count). The molecule has 0 bridgehead atoms. The monoisotopic (exact) mass is 331 g/mol. The Bertz CT molecular complexity index is 809. The van der Waals surface area contributed by atoms with Gasteiger partial charge >= 0.3 is 0 Å². The van der Waals surface area contributed by atoms with Gasteiger partial charge < -0.3 is 4.90 Å². The molecule has 0 N–H and O–H groups in total. The summed E-state index contributed by atoms with van der Waals surface area (Å²) >= 11 is 0. The molecule has 0 unspecified atom stereocenters. The van der Waals surface area contributed by atoms with Crippen LogP contribution in [0.5, 0.6) is 0 Å². The maximum Gasteiger partial charge on any atom is 0.0702 e. The molecule has 0 amide bonds. The van der Waals surface area contributed by atoms with Gasteiger partial charge in [-0.1, -0.05) is 43.0 Å². The fourth-order valence-corrected chi connectivity index (χ4v) is 2.57. The first-order valence-corrected chi connectivity index (χ1v) is 8.25. The van der Waals surface area contributed by atoms with Crippen molar-refractivity contribution in [2.75, 3.05) is 21.1 Å². The Hall–Kier alpha value is -2.94. The second-order valence-electron chi connectivity index (χ2n) is 5.90. The fraction of sp³-hybridized carbons (Fsp3) is 0.182. The molecular weight excluding hydrogens is 306 g/mol. The van der Waals surface area contributed by atoms with E-state index in [2.05, 4.69) is 47.0 Å². The van der Waals surface area contributed by atoms with E-state index in [0.29, 0.717) is 0 Å². The second kappa shape index (κ2) is 8.78. The highest BCUT2D eigenvalue weighted by molar-refractivity contribution is 6.09. The minimum atomic E-state index is 0.947. The zero-order valence-corrected chi connectivity index (χ0v) is 15.4. The first kappa shape index (κ1) is 18.4. The summed E-state index contributed by atoms with van der Waals surface area (Å²) in [7, 11) is 5.79. The van der Waals surface area contributed by atoms with Gasteiger partial charge in [-0.05, 0) is 35.8 Å². The molecule has 1 aromatic heterocycles. The SMILES string of the molecule is C=C/C(=C\N(C)C)c1cccc(-c2ccc(/C(C=NC)=C/C)cn2)c1.